The molecule has 1 nitrogen and oxygen atoms in total. The van der Waals surface area contributed by atoms with Crippen LogP contribution in [0.1, 0.15) is 52.4 Å². The van der Waals surface area contributed by atoms with E-state index >= 15 is 0 Å². The molecular weight excluding hydrogens is 182 g/mol. The smallest absolute Gasteiger partial charge is 0.00975 e. The molecule has 3 atom stereocenters. The lowest BCUT2D eigenvalue weighted by Crippen LogP contribution is -2.46. The first-order chi connectivity index (χ1) is 7.16. The molecule has 0 amide bonds. The zero-order valence-electron chi connectivity index (χ0n) is 10.7. The van der Waals surface area contributed by atoms with E-state index in [1.807, 2.05) is 0 Å². The highest BCUT2D eigenvalue weighted by Gasteiger charge is 2.34. The maximum absolute atomic E-state index is 2.65. The Bertz CT molecular complexity index is 200. The van der Waals surface area contributed by atoms with Gasteiger partial charge in [-0.25, -0.2) is 0 Å². The zero-order valence-corrected chi connectivity index (χ0v) is 10.7. The van der Waals surface area contributed by atoms with Gasteiger partial charge in [-0.05, 0) is 44.1 Å². The summed E-state index contributed by atoms with van der Waals surface area (Å²) in [4.78, 5) is 2.65. The molecule has 0 N–H and O–H groups in total. The number of likely N-dealkylation sites (tertiary alicyclic amines) is 1. The van der Waals surface area contributed by atoms with E-state index in [1.165, 1.54) is 45.1 Å². The van der Waals surface area contributed by atoms with Crippen LogP contribution in [-0.2, 0) is 0 Å². The molecule has 1 heteroatoms. The maximum atomic E-state index is 2.65. The van der Waals surface area contributed by atoms with Crippen LogP contribution >= 0.6 is 0 Å². The van der Waals surface area contributed by atoms with Crippen LogP contribution in [0.2, 0.25) is 0 Å². The molecule has 3 unspecified atom stereocenters. The summed E-state index contributed by atoms with van der Waals surface area (Å²) >= 11 is 0. The van der Waals surface area contributed by atoms with Gasteiger partial charge in [-0.3, -0.25) is 0 Å². The van der Waals surface area contributed by atoms with Gasteiger partial charge < -0.3 is 4.90 Å². The Balaban J connectivity index is 1.92. The van der Waals surface area contributed by atoms with Crippen molar-refractivity contribution in [2.75, 3.05) is 13.6 Å². The highest BCUT2D eigenvalue weighted by Crippen LogP contribution is 2.39. The first-order valence-corrected chi connectivity index (χ1v) is 6.87. The Kier molecular flexibility index (Phi) is 3.71. The molecule has 2 aliphatic rings. The second kappa shape index (κ2) is 4.86. The van der Waals surface area contributed by atoms with Crippen LogP contribution in [0.15, 0.2) is 0 Å². The molecule has 2 fully saturated rings. The van der Waals surface area contributed by atoms with Crippen molar-refractivity contribution < 1.29 is 0 Å². The summed E-state index contributed by atoms with van der Waals surface area (Å²) in [6.07, 6.45) is 8.90. The lowest BCUT2D eigenvalue weighted by Gasteiger charge is -2.45. The molecule has 88 valence electrons. The van der Waals surface area contributed by atoms with Gasteiger partial charge >= 0.3 is 0 Å². The zero-order chi connectivity index (χ0) is 10.8. The van der Waals surface area contributed by atoms with Gasteiger partial charge in [0.15, 0.2) is 0 Å². The van der Waals surface area contributed by atoms with Crippen molar-refractivity contribution in [2.24, 2.45) is 17.8 Å². The van der Waals surface area contributed by atoms with Gasteiger partial charge in [0.05, 0.1) is 0 Å². The molecule has 0 spiro atoms. The molecule has 1 aliphatic carbocycles. The lowest BCUT2D eigenvalue weighted by molar-refractivity contribution is 0.0478. The van der Waals surface area contributed by atoms with E-state index in [0.29, 0.717) is 0 Å². The summed E-state index contributed by atoms with van der Waals surface area (Å²) in [5.41, 5.74) is 0. The molecule has 1 aliphatic heterocycles. The summed E-state index contributed by atoms with van der Waals surface area (Å²) in [5, 5.41) is 0. The van der Waals surface area contributed by atoms with Crippen molar-refractivity contribution in [3.63, 3.8) is 0 Å². The molecule has 1 heterocycles. The Hall–Kier alpha value is -0.0400. The molecule has 1 saturated carbocycles. The van der Waals surface area contributed by atoms with Crippen molar-refractivity contribution in [1.29, 1.82) is 0 Å². The molecule has 0 aromatic rings. The van der Waals surface area contributed by atoms with Crippen LogP contribution in [0, 0.1) is 17.8 Å². The third-order valence-electron chi connectivity index (χ3n) is 4.53. The van der Waals surface area contributed by atoms with Crippen molar-refractivity contribution in [2.45, 2.75) is 58.4 Å². The minimum Gasteiger partial charge on any atom is -0.303 e. The van der Waals surface area contributed by atoms with Crippen molar-refractivity contribution in [3.05, 3.63) is 0 Å². The summed E-state index contributed by atoms with van der Waals surface area (Å²) < 4.78 is 0. The minimum absolute atomic E-state index is 0.859. The second-order valence-corrected chi connectivity index (χ2v) is 6.26. The monoisotopic (exact) mass is 209 g/mol. The van der Waals surface area contributed by atoms with Gasteiger partial charge in [-0.15, -0.1) is 0 Å². The first kappa shape index (κ1) is 11.4. The first-order valence-electron chi connectivity index (χ1n) is 6.87. The van der Waals surface area contributed by atoms with E-state index in [-0.39, 0.29) is 0 Å². The van der Waals surface area contributed by atoms with Crippen molar-refractivity contribution in [1.82, 2.24) is 4.90 Å². The highest BCUT2D eigenvalue weighted by atomic mass is 15.1. The third kappa shape index (κ3) is 2.75. The van der Waals surface area contributed by atoms with Gasteiger partial charge in [0.1, 0.15) is 0 Å². The maximum Gasteiger partial charge on any atom is 0.00975 e. The molecule has 0 radical (unpaired) electrons. The standard InChI is InChI=1S/C14H27N/c1-11(2)8-14-9-12-6-4-5-7-13(12)10-15(14)3/h11-14H,4-10H2,1-3H3. The predicted octanol–water partition coefficient (Wildman–Crippen LogP) is 3.54. The van der Waals surface area contributed by atoms with E-state index in [0.717, 1.165) is 23.8 Å². The normalized spacial score (nSPS) is 38.0. The number of hydrogen-bond acceptors (Lipinski definition) is 1. The lowest BCUT2D eigenvalue weighted by atomic mass is 9.72. The number of nitrogens with zero attached hydrogens (tertiary/aromatic N) is 1. The van der Waals surface area contributed by atoms with E-state index in [2.05, 4.69) is 25.8 Å². The number of piperidine rings is 1. The fraction of sp³-hybridized carbons (Fsp3) is 1.00. The fourth-order valence-electron chi connectivity index (χ4n) is 3.70. The quantitative estimate of drug-likeness (QED) is 0.672. The molecule has 0 aromatic heterocycles. The SMILES string of the molecule is CC(C)CC1CC2CCCCC2CN1C. The van der Waals surface area contributed by atoms with Crippen LogP contribution in [0.5, 0.6) is 0 Å². The summed E-state index contributed by atoms with van der Waals surface area (Å²) in [6, 6.07) is 0.879. The number of hydrogen-bond donors (Lipinski definition) is 0. The number of fused-ring (bicyclic) bond motifs is 1. The van der Waals surface area contributed by atoms with E-state index in [4.69, 9.17) is 0 Å². The summed E-state index contributed by atoms with van der Waals surface area (Å²) in [5.74, 6) is 2.96. The molecule has 1 saturated heterocycles. The van der Waals surface area contributed by atoms with E-state index < -0.39 is 0 Å². The summed E-state index contributed by atoms with van der Waals surface area (Å²) in [7, 11) is 2.35. The Morgan fingerprint density at radius 1 is 1.13 bits per heavy atom. The van der Waals surface area contributed by atoms with Gasteiger partial charge in [0.25, 0.3) is 0 Å². The van der Waals surface area contributed by atoms with Crippen molar-refractivity contribution in [3.8, 4) is 0 Å². The molecule has 2 rings (SSSR count). The second-order valence-electron chi connectivity index (χ2n) is 6.26. The van der Waals surface area contributed by atoms with Crippen LogP contribution in [0.3, 0.4) is 0 Å². The highest BCUT2D eigenvalue weighted by molar-refractivity contribution is 4.88. The fourth-order valence-corrected chi connectivity index (χ4v) is 3.70. The van der Waals surface area contributed by atoms with E-state index in [9.17, 15) is 0 Å². The number of rotatable bonds is 2. The molecular formula is C14H27N. The topological polar surface area (TPSA) is 3.24 Å². The average Bonchev–Trinajstić information content (AvgIpc) is 2.18. The minimum atomic E-state index is 0.859. The van der Waals surface area contributed by atoms with Crippen LogP contribution in [0.4, 0.5) is 0 Å². The Morgan fingerprint density at radius 2 is 1.80 bits per heavy atom. The molecule has 0 aromatic carbocycles. The molecule has 0 bridgehead atoms. The Morgan fingerprint density at radius 3 is 2.47 bits per heavy atom. The van der Waals surface area contributed by atoms with Gasteiger partial charge in [0.2, 0.25) is 0 Å². The van der Waals surface area contributed by atoms with Gasteiger partial charge in [-0.1, -0.05) is 33.1 Å². The van der Waals surface area contributed by atoms with Crippen molar-refractivity contribution >= 4 is 0 Å². The van der Waals surface area contributed by atoms with E-state index in [1.54, 1.807) is 0 Å². The average molecular weight is 209 g/mol. The summed E-state index contributed by atoms with van der Waals surface area (Å²) in [6.45, 7) is 6.10. The Labute approximate surface area is 95.2 Å². The van der Waals surface area contributed by atoms with Crippen LogP contribution < -0.4 is 0 Å². The van der Waals surface area contributed by atoms with Gasteiger partial charge in [-0.2, -0.15) is 0 Å². The van der Waals surface area contributed by atoms with Gasteiger partial charge in [0, 0.05) is 12.6 Å². The van der Waals surface area contributed by atoms with Crippen LogP contribution in [-0.4, -0.2) is 24.5 Å². The molecule has 15 heavy (non-hydrogen) atoms. The third-order valence-corrected chi connectivity index (χ3v) is 4.53. The largest absolute Gasteiger partial charge is 0.303 e. The van der Waals surface area contributed by atoms with Crippen LogP contribution in [0.25, 0.3) is 0 Å². The predicted molar refractivity (Wildman–Crippen MR) is 65.9 cm³/mol.